The average Bonchev–Trinajstić information content (AvgIpc) is 2.54. The van der Waals surface area contributed by atoms with Crippen molar-refractivity contribution in [1.82, 2.24) is 5.32 Å². The quantitative estimate of drug-likeness (QED) is 0.499. The number of nitrogens with zero attached hydrogens (tertiary/aromatic N) is 1. The number of amides is 1. The predicted octanol–water partition coefficient (Wildman–Crippen LogP) is 2.76. The molecule has 2 aromatic rings. The van der Waals surface area contributed by atoms with Crippen molar-refractivity contribution in [3.63, 3.8) is 0 Å². The molecular formula is C17H14N2O5. The van der Waals surface area contributed by atoms with Crippen LogP contribution in [0.3, 0.4) is 0 Å². The molecular weight excluding hydrogens is 312 g/mol. The number of carboxylic acids is 1. The Morgan fingerprint density at radius 2 is 1.88 bits per heavy atom. The van der Waals surface area contributed by atoms with E-state index < -0.39 is 16.8 Å². The van der Waals surface area contributed by atoms with Crippen LogP contribution in [-0.2, 0) is 4.79 Å². The first kappa shape index (κ1) is 16.9. The second-order valence-electron chi connectivity index (χ2n) is 5.04. The number of carboxylic acid groups (broad SMARTS) is 1. The number of carbonyl (C=O) groups excluding carboxylic acids is 1. The summed E-state index contributed by atoms with van der Waals surface area (Å²) >= 11 is 0. The zero-order valence-corrected chi connectivity index (χ0v) is 12.7. The van der Waals surface area contributed by atoms with Crippen molar-refractivity contribution in [2.45, 2.75) is 6.92 Å². The summed E-state index contributed by atoms with van der Waals surface area (Å²) in [6.07, 6.45) is 1.17. The Kier molecular flexibility index (Phi) is 5.06. The first-order chi connectivity index (χ1) is 11.4. The zero-order valence-electron chi connectivity index (χ0n) is 12.7. The fourth-order valence-corrected chi connectivity index (χ4v) is 2.03. The van der Waals surface area contributed by atoms with Gasteiger partial charge in [0.1, 0.15) is 5.70 Å². The number of aryl methyl sites for hydroxylation is 1. The molecule has 0 aliphatic rings. The Balaban J connectivity index is 2.29. The molecule has 7 nitrogen and oxygen atoms in total. The molecule has 0 spiro atoms. The van der Waals surface area contributed by atoms with Gasteiger partial charge in [-0.2, -0.15) is 0 Å². The van der Waals surface area contributed by atoms with E-state index in [-0.39, 0.29) is 11.4 Å². The van der Waals surface area contributed by atoms with E-state index in [1.54, 1.807) is 18.2 Å². The van der Waals surface area contributed by atoms with Crippen molar-refractivity contribution in [2.24, 2.45) is 0 Å². The van der Waals surface area contributed by atoms with E-state index in [2.05, 4.69) is 5.32 Å². The fourth-order valence-electron chi connectivity index (χ4n) is 2.03. The number of hydrogen-bond donors (Lipinski definition) is 2. The molecule has 7 heteroatoms. The number of non-ortho nitro benzene ring substituents is 1. The van der Waals surface area contributed by atoms with Gasteiger partial charge in [-0.05, 0) is 30.7 Å². The highest BCUT2D eigenvalue weighted by molar-refractivity contribution is 6.02. The molecule has 0 aliphatic heterocycles. The number of benzene rings is 2. The van der Waals surface area contributed by atoms with Crippen LogP contribution >= 0.6 is 0 Å². The van der Waals surface area contributed by atoms with Crippen LogP contribution in [0, 0.1) is 17.0 Å². The van der Waals surface area contributed by atoms with Gasteiger partial charge in [-0.15, -0.1) is 0 Å². The zero-order chi connectivity index (χ0) is 17.7. The highest BCUT2D eigenvalue weighted by Crippen LogP contribution is 2.15. The molecule has 24 heavy (non-hydrogen) atoms. The molecule has 1 amide bonds. The standard InChI is InChI=1S/C17H14N2O5/c1-11-4-2-6-13(8-11)16(20)18-15(17(21)22)10-12-5-3-7-14(9-12)19(23)24/h2-10H,1H3,(H,18,20)(H,21,22)/b15-10+. The lowest BCUT2D eigenvalue weighted by molar-refractivity contribution is -0.384. The van der Waals surface area contributed by atoms with Crippen LogP contribution < -0.4 is 5.32 Å². The Bertz CT molecular complexity index is 842. The third-order valence-electron chi connectivity index (χ3n) is 3.15. The van der Waals surface area contributed by atoms with Gasteiger partial charge in [-0.1, -0.05) is 29.8 Å². The van der Waals surface area contributed by atoms with Gasteiger partial charge in [0.25, 0.3) is 11.6 Å². The molecule has 2 rings (SSSR count). The number of rotatable bonds is 5. The van der Waals surface area contributed by atoms with Gasteiger partial charge in [0, 0.05) is 17.7 Å². The van der Waals surface area contributed by atoms with E-state index in [9.17, 15) is 24.8 Å². The van der Waals surface area contributed by atoms with Gasteiger partial charge in [0.05, 0.1) is 4.92 Å². The summed E-state index contributed by atoms with van der Waals surface area (Å²) in [4.78, 5) is 33.7. The van der Waals surface area contributed by atoms with E-state index in [0.29, 0.717) is 11.1 Å². The summed E-state index contributed by atoms with van der Waals surface area (Å²) in [6, 6.07) is 12.2. The number of carbonyl (C=O) groups is 2. The molecule has 0 unspecified atom stereocenters. The molecule has 0 fully saturated rings. The Morgan fingerprint density at radius 1 is 1.17 bits per heavy atom. The van der Waals surface area contributed by atoms with E-state index in [1.807, 2.05) is 13.0 Å². The molecule has 122 valence electrons. The average molecular weight is 326 g/mol. The van der Waals surface area contributed by atoms with Crippen LogP contribution in [0.5, 0.6) is 0 Å². The molecule has 0 radical (unpaired) electrons. The fraction of sp³-hybridized carbons (Fsp3) is 0.0588. The third kappa shape index (κ3) is 4.26. The lowest BCUT2D eigenvalue weighted by atomic mass is 10.1. The molecule has 0 saturated heterocycles. The van der Waals surface area contributed by atoms with E-state index in [4.69, 9.17) is 0 Å². The first-order valence-corrected chi connectivity index (χ1v) is 6.94. The monoisotopic (exact) mass is 326 g/mol. The third-order valence-corrected chi connectivity index (χ3v) is 3.15. The van der Waals surface area contributed by atoms with Crippen LogP contribution in [0.1, 0.15) is 21.5 Å². The Morgan fingerprint density at radius 3 is 2.50 bits per heavy atom. The smallest absolute Gasteiger partial charge is 0.352 e. The van der Waals surface area contributed by atoms with E-state index in [0.717, 1.165) is 5.56 Å². The van der Waals surface area contributed by atoms with Crippen molar-refractivity contribution in [3.05, 3.63) is 81.0 Å². The summed E-state index contributed by atoms with van der Waals surface area (Å²) in [5.41, 5.74) is 0.940. The van der Waals surface area contributed by atoms with Gasteiger partial charge in [-0.25, -0.2) is 4.79 Å². The van der Waals surface area contributed by atoms with E-state index in [1.165, 1.54) is 30.3 Å². The van der Waals surface area contributed by atoms with Crippen molar-refractivity contribution >= 4 is 23.6 Å². The minimum Gasteiger partial charge on any atom is -0.477 e. The van der Waals surface area contributed by atoms with Crippen molar-refractivity contribution < 1.29 is 19.6 Å². The number of nitro groups is 1. The SMILES string of the molecule is Cc1cccc(C(=O)N/C(=C/c2cccc([N+](=O)[O-])c2)C(=O)O)c1. The van der Waals surface area contributed by atoms with Crippen LogP contribution in [-0.4, -0.2) is 21.9 Å². The number of aliphatic carboxylic acids is 1. The summed E-state index contributed by atoms with van der Waals surface area (Å²) < 4.78 is 0. The van der Waals surface area contributed by atoms with Crippen molar-refractivity contribution in [1.29, 1.82) is 0 Å². The Hall–Kier alpha value is -3.48. The highest BCUT2D eigenvalue weighted by atomic mass is 16.6. The first-order valence-electron chi connectivity index (χ1n) is 6.94. The van der Waals surface area contributed by atoms with Crippen LogP contribution in [0.2, 0.25) is 0 Å². The van der Waals surface area contributed by atoms with E-state index >= 15 is 0 Å². The lowest BCUT2D eigenvalue weighted by Gasteiger charge is -2.07. The molecule has 0 atom stereocenters. The minimum atomic E-state index is -1.34. The molecule has 2 N–H and O–H groups in total. The van der Waals surface area contributed by atoms with Crippen LogP contribution in [0.15, 0.2) is 54.2 Å². The summed E-state index contributed by atoms with van der Waals surface area (Å²) in [5.74, 6) is -1.92. The number of nitrogens with one attached hydrogen (secondary N) is 1. The van der Waals surface area contributed by atoms with Crippen LogP contribution in [0.25, 0.3) is 6.08 Å². The highest BCUT2D eigenvalue weighted by Gasteiger charge is 2.14. The molecule has 0 heterocycles. The predicted molar refractivity (Wildman–Crippen MR) is 87.4 cm³/mol. The van der Waals surface area contributed by atoms with Gasteiger partial charge < -0.3 is 10.4 Å². The normalized spacial score (nSPS) is 11.0. The molecule has 0 aliphatic carbocycles. The van der Waals surface area contributed by atoms with Crippen molar-refractivity contribution in [3.8, 4) is 0 Å². The second kappa shape index (κ2) is 7.19. The summed E-state index contributed by atoms with van der Waals surface area (Å²) in [7, 11) is 0. The van der Waals surface area contributed by atoms with Crippen molar-refractivity contribution in [2.75, 3.05) is 0 Å². The summed E-state index contributed by atoms with van der Waals surface area (Å²) in [5, 5.41) is 22.3. The van der Waals surface area contributed by atoms with Gasteiger partial charge >= 0.3 is 5.97 Å². The Labute approximate surface area is 137 Å². The maximum absolute atomic E-state index is 12.2. The number of nitro benzene ring substituents is 1. The molecule has 0 bridgehead atoms. The molecule has 2 aromatic carbocycles. The maximum Gasteiger partial charge on any atom is 0.352 e. The van der Waals surface area contributed by atoms with Crippen LogP contribution in [0.4, 0.5) is 5.69 Å². The minimum absolute atomic E-state index is 0.168. The topological polar surface area (TPSA) is 110 Å². The van der Waals surface area contributed by atoms with Gasteiger partial charge in [0.2, 0.25) is 0 Å². The maximum atomic E-state index is 12.2. The second-order valence-corrected chi connectivity index (χ2v) is 5.04. The lowest BCUT2D eigenvalue weighted by Crippen LogP contribution is -2.27. The largest absolute Gasteiger partial charge is 0.477 e. The number of hydrogen-bond acceptors (Lipinski definition) is 4. The van der Waals surface area contributed by atoms with Gasteiger partial charge in [0.15, 0.2) is 0 Å². The molecule has 0 saturated carbocycles. The van der Waals surface area contributed by atoms with Gasteiger partial charge in [-0.3, -0.25) is 14.9 Å². The summed E-state index contributed by atoms with van der Waals surface area (Å²) in [6.45, 7) is 1.81. The molecule has 0 aromatic heterocycles.